The number of hydrogen-bond donors (Lipinski definition) is 0. The predicted molar refractivity (Wildman–Crippen MR) is 98.0 cm³/mol. The quantitative estimate of drug-likeness (QED) is 0.735. The van der Waals surface area contributed by atoms with Crippen molar-refractivity contribution >= 4 is 11.5 Å². The van der Waals surface area contributed by atoms with Crippen LogP contribution in [0.25, 0.3) is 16.9 Å². The van der Waals surface area contributed by atoms with Gasteiger partial charge in [-0.15, -0.1) is 5.10 Å². The summed E-state index contributed by atoms with van der Waals surface area (Å²) in [7, 11) is 0. The van der Waals surface area contributed by atoms with Gasteiger partial charge in [-0.2, -0.15) is 0 Å². The molecule has 4 heterocycles. The Hall–Kier alpha value is -2.40. The van der Waals surface area contributed by atoms with E-state index in [0.29, 0.717) is 18.1 Å². The van der Waals surface area contributed by atoms with Crippen LogP contribution in [0.1, 0.15) is 31.9 Å². The molecule has 0 spiro atoms. The molecule has 5 nitrogen and oxygen atoms in total. The lowest BCUT2D eigenvalue weighted by molar-refractivity contribution is 0.0988. The number of fused-ring (bicyclic) bond motifs is 3. The third-order valence-corrected chi connectivity index (χ3v) is 5.29. The molecule has 0 N–H and O–H groups in total. The number of nitrogens with zero attached hydrogens (tertiary/aromatic N) is 4. The number of hydrogen-bond acceptors (Lipinski definition) is 4. The first-order chi connectivity index (χ1) is 12.2. The van der Waals surface area contributed by atoms with Gasteiger partial charge >= 0.3 is 0 Å². The van der Waals surface area contributed by atoms with E-state index in [4.69, 9.17) is 14.8 Å². The molecule has 0 aliphatic carbocycles. The fourth-order valence-corrected chi connectivity index (χ4v) is 4.10. The van der Waals surface area contributed by atoms with Crippen LogP contribution in [0.5, 0.6) is 0 Å². The standard InChI is InChI=1S/C20H22N4O/c1-13(2)20-19(14-6-4-3-5-7-14)21-17-8-9-18(22-24(17)20)23-11-16-10-15(23)12-25-16/h3-9,13,15-16H,10-12H2,1-2H3/t15-,16-/m1/s1. The summed E-state index contributed by atoms with van der Waals surface area (Å²) in [5.41, 5.74) is 4.26. The molecule has 128 valence electrons. The largest absolute Gasteiger partial charge is 0.374 e. The van der Waals surface area contributed by atoms with Gasteiger partial charge in [0.05, 0.1) is 30.1 Å². The molecule has 0 unspecified atom stereocenters. The van der Waals surface area contributed by atoms with E-state index in [1.807, 2.05) is 10.6 Å². The molecule has 5 rings (SSSR count). The highest BCUT2D eigenvalue weighted by Crippen LogP contribution is 2.33. The minimum Gasteiger partial charge on any atom is -0.374 e. The maximum Gasteiger partial charge on any atom is 0.154 e. The zero-order valence-electron chi connectivity index (χ0n) is 14.6. The van der Waals surface area contributed by atoms with E-state index in [9.17, 15) is 0 Å². The molecular weight excluding hydrogens is 312 g/mol. The fourth-order valence-electron chi connectivity index (χ4n) is 4.10. The Morgan fingerprint density at radius 1 is 1.12 bits per heavy atom. The van der Waals surface area contributed by atoms with Crippen molar-refractivity contribution in [1.29, 1.82) is 0 Å². The minimum absolute atomic E-state index is 0.339. The maximum absolute atomic E-state index is 5.73. The number of anilines is 1. The van der Waals surface area contributed by atoms with Crippen LogP contribution < -0.4 is 4.90 Å². The van der Waals surface area contributed by atoms with Gasteiger partial charge in [0.2, 0.25) is 0 Å². The van der Waals surface area contributed by atoms with Crippen molar-refractivity contribution in [1.82, 2.24) is 14.6 Å². The SMILES string of the molecule is CC(C)c1c(-c2ccccc2)nc2ccc(N3C[C@H]4C[C@@H]3CO4)nn12. The van der Waals surface area contributed by atoms with E-state index in [1.165, 1.54) is 5.69 Å². The van der Waals surface area contributed by atoms with Crippen LogP contribution in [-0.2, 0) is 4.74 Å². The third-order valence-electron chi connectivity index (χ3n) is 5.29. The number of morpholine rings is 1. The number of benzene rings is 1. The lowest BCUT2D eigenvalue weighted by Crippen LogP contribution is -2.37. The van der Waals surface area contributed by atoms with Crippen LogP contribution in [0.15, 0.2) is 42.5 Å². The summed E-state index contributed by atoms with van der Waals surface area (Å²) in [5.74, 6) is 1.37. The van der Waals surface area contributed by atoms with Crippen molar-refractivity contribution in [2.24, 2.45) is 0 Å². The van der Waals surface area contributed by atoms with Crippen molar-refractivity contribution in [3.8, 4) is 11.3 Å². The highest BCUT2D eigenvalue weighted by molar-refractivity contribution is 5.67. The molecule has 2 atom stereocenters. The summed E-state index contributed by atoms with van der Waals surface area (Å²) in [5, 5.41) is 4.97. The van der Waals surface area contributed by atoms with Crippen LogP contribution >= 0.6 is 0 Å². The molecule has 2 bridgehead atoms. The van der Waals surface area contributed by atoms with Crippen molar-refractivity contribution in [3.63, 3.8) is 0 Å². The normalized spacial score (nSPS) is 22.4. The second-order valence-corrected chi connectivity index (χ2v) is 7.33. The van der Waals surface area contributed by atoms with E-state index >= 15 is 0 Å². The van der Waals surface area contributed by atoms with Gasteiger partial charge in [-0.1, -0.05) is 44.2 Å². The van der Waals surface area contributed by atoms with Crippen molar-refractivity contribution in [2.45, 2.75) is 38.3 Å². The fraction of sp³-hybridized carbons (Fsp3) is 0.400. The van der Waals surface area contributed by atoms with E-state index in [-0.39, 0.29) is 0 Å². The van der Waals surface area contributed by atoms with Crippen LogP contribution in [0.3, 0.4) is 0 Å². The second-order valence-electron chi connectivity index (χ2n) is 7.33. The highest BCUT2D eigenvalue weighted by Gasteiger charge is 2.39. The van der Waals surface area contributed by atoms with Crippen LogP contribution in [-0.4, -0.2) is 39.9 Å². The minimum atomic E-state index is 0.339. The van der Waals surface area contributed by atoms with Gasteiger partial charge in [0.25, 0.3) is 0 Å². The van der Waals surface area contributed by atoms with Crippen LogP contribution in [0.2, 0.25) is 0 Å². The summed E-state index contributed by atoms with van der Waals surface area (Å²) >= 11 is 0. The molecule has 0 saturated carbocycles. The van der Waals surface area contributed by atoms with Gasteiger partial charge in [-0.25, -0.2) is 9.50 Å². The molecule has 3 aromatic rings. The Balaban J connectivity index is 1.64. The van der Waals surface area contributed by atoms with Crippen molar-refractivity contribution in [3.05, 3.63) is 48.2 Å². The summed E-state index contributed by atoms with van der Waals surface area (Å²) in [6, 6.07) is 15.0. The zero-order chi connectivity index (χ0) is 17.0. The van der Waals surface area contributed by atoms with Gasteiger partial charge in [-0.3, -0.25) is 0 Å². The molecule has 2 aliphatic rings. The summed E-state index contributed by atoms with van der Waals surface area (Å²) in [6.45, 7) is 6.17. The molecule has 2 aromatic heterocycles. The monoisotopic (exact) mass is 334 g/mol. The summed E-state index contributed by atoms with van der Waals surface area (Å²) in [4.78, 5) is 7.27. The molecule has 0 amide bonds. The highest BCUT2D eigenvalue weighted by atomic mass is 16.5. The summed E-state index contributed by atoms with van der Waals surface area (Å²) < 4.78 is 7.76. The summed E-state index contributed by atoms with van der Waals surface area (Å²) in [6.07, 6.45) is 1.49. The maximum atomic E-state index is 5.73. The molecule has 2 aliphatic heterocycles. The van der Waals surface area contributed by atoms with Crippen molar-refractivity contribution < 1.29 is 4.74 Å². The molecule has 0 radical (unpaired) electrons. The van der Waals surface area contributed by atoms with Gasteiger partial charge in [0.1, 0.15) is 5.82 Å². The molecule has 5 heteroatoms. The average Bonchev–Trinajstić information content (AvgIpc) is 3.35. The van der Waals surface area contributed by atoms with E-state index in [0.717, 1.165) is 42.3 Å². The average molecular weight is 334 g/mol. The Morgan fingerprint density at radius 3 is 2.64 bits per heavy atom. The molecule has 2 fully saturated rings. The topological polar surface area (TPSA) is 42.7 Å². The van der Waals surface area contributed by atoms with E-state index in [1.54, 1.807) is 0 Å². The van der Waals surface area contributed by atoms with Crippen LogP contribution in [0, 0.1) is 0 Å². The lowest BCUT2D eigenvalue weighted by atomic mass is 10.0. The number of aromatic nitrogens is 3. The molecule has 25 heavy (non-hydrogen) atoms. The van der Waals surface area contributed by atoms with Gasteiger partial charge in [0.15, 0.2) is 5.65 Å². The number of ether oxygens (including phenoxy) is 1. The third kappa shape index (κ3) is 2.34. The van der Waals surface area contributed by atoms with Crippen molar-refractivity contribution in [2.75, 3.05) is 18.1 Å². The first-order valence-electron chi connectivity index (χ1n) is 9.04. The first kappa shape index (κ1) is 14.9. The number of imidazole rings is 1. The number of rotatable bonds is 3. The predicted octanol–water partition coefficient (Wildman–Crippen LogP) is 3.50. The molecule has 2 saturated heterocycles. The lowest BCUT2D eigenvalue weighted by Gasteiger charge is -2.27. The Kier molecular flexibility index (Phi) is 3.31. The van der Waals surface area contributed by atoms with E-state index in [2.05, 4.69) is 55.1 Å². The van der Waals surface area contributed by atoms with Gasteiger partial charge in [0, 0.05) is 12.1 Å². The smallest absolute Gasteiger partial charge is 0.154 e. The van der Waals surface area contributed by atoms with Crippen LogP contribution in [0.4, 0.5) is 5.82 Å². The Morgan fingerprint density at radius 2 is 1.96 bits per heavy atom. The molecular formula is C20H22N4O. The second kappa shape index (κ2) is 5.56. The Labute approximate surface area is 147 Å². The first-order valence-corrected chi connectivity index (χ1v) is 9.04. The van der Waals surface area contributed by atoms with E-state index < -0.39 is 0 Å². The zero-order valence-corrected chi connectivity index (χ0v) is 14.6. The van der Waals surface area contributed by atoms with Gasteiger partial charge in [-0.05, 0) is 24.5 Å². The Bertz CT molecular complexity index is 918. The van der Waals surface area contributed by atoms with Gasteiger partial charge < -0.3 is 9.64 Å². The molecule has 1 aromatic carbocycles.